The number of Topliss-reactive ketones (excluding diaryl/α,β-unsaturated/α-hetero) is 1. The Morgan fingerprint density at radius 2 is 2.40 bits per heavy atom. The summed E-state index contributed by atoms with van der Waals surface area (Å²) in [5, 5.41) is 8.37. The fourth-order valence-electron chi connectivity index (χ4n) is 2.13. The average Bonchev–Trinajstić information content (AvgIpc) is 2.51. The minimum absolute atomic E-state index is 0.0198. The van der Waals surface area contributed by atoms with Gasteiger partial charge < -0.3 is 4.90 Å². The first-order valence-electron chi connectivity index (χ1n) is 5.37. The van der Waals surface area contributed by atoms with Gasteiger partial charge in [-0.05, 0) is 33.0 Å². The van der Waals surface area contributed by atoms with Gasteiger partial charge in [-0.25, -0.2) is 0 Å². The minimum Gasteiger partial charge on any atom is -0.306 e. The molecule has 0 amide bonds. The van der Waals surface area contributed by atoms with Gasteiger partial charge in [-0.1, -0.05) is 0 Å². The first kappa shape index (κ1) is 12.2. The zero-order valence-electron chi connectivity index (χ0n) is 9.57. The second kappa shape index (κ2) is 5.84. The summed E-state index contributed by atoms with van der Waals surface area (Å²) >= 11 is 0. The lowest BCUT2D eigenvalue weighted by molar-refractivity contribution is -0.119. The number of likely N-dealkylation sites (tertiary alicyclic amines) is 1. The number of rotatable bonds is 5. The zero-order valence-corrected chi connectivity index (χ0v) is 9.57. The maximum Gasteiger partial charge on any atom is 0.160 e. The predicted molar refractivity (Wildman–Crippen MR) is 58.3 cm³/mol. The molecule has 1 rings (SSSR count). The van der Waals surface area contributed by atoms with E-state index in [2.05, 4.69) is 11.9 Å². The maximum absolute atomic E-state index is 11.2. The van der Waals surface area contributed by atoms with Crippen molar-refractivity contribution in [2.45, 2.75) is 12.8 Å². The van der Waals surface area contributed by atoms with Gasteiger partial charge in [0.2, 0.25) is 0 Å². The van der Waals surface area contributed by atoms with E-state index in [-0.39, 0.29) is 12.2 Å². The highest BCUT2D eigenvalue weighted by Gasteiger charge is 2.21. The molecule has 1 fully saturated rings. The van der Waals surface area contributed by atoms with E-state index in [9.17, 15) is 4.79 Å². The van der Waals surface area contributed by atoms with E-state index in [0.29, 0.717) is 12.5 Å². The van der Waals surface area contributed by atoms with E-state index >= 15 is 0 Å². The number of hydrogen-bond donors (Lipinski definition) is 0. The second-order valence-corrected chi connectivity index (χ2v) is 4.49. The molecule has 1 aliphatic rings. The quantitative estimate of drug-likeness (QED) is 0.655. The van der Waals surface area contributed by atoms with Crippen molar-refractivity contribution in [3.8, 4) is 6.07 Å². The van der Waals surface area contributed by atoms with Crippen LogP contribution in [0.25, 0.3) is 0 Å². The SMILES string of the molecule is CN1CCC(CN(C)CC(=O)CC#N)C1. The summed E-state index contributed by atoms with van der Waals surface area (Å²) < 4.78 is 0. The van der Waals surface area contributed by atoms with Crippen molar-refractivity contribution in [3.63, 3.8) is 0 Å². The van der Waals surface area contributed by atoms with Gasteiger partial charge in [0.05, 0.1) is 19.0 Å². The molecule has 84 valence electrons. The molecule has 0 spiro atoms. The van der Waals surface area contributed by atoms with Gasteiger partial charge in [0.25, 0.3) is 0 Å². The first-order chi connectivity index (χ1) is 7.11. The molecule has 0 radical (unpaired) electrons. The molecule has 0 aromatic heterocycles. The van der Waals surface area contributed by atoms with Crippen LogP contribution in [-0.2, 0) is 4.79 Å². The van der Waals surface area contributed by atoms with Gasteiger partial charge in [-0.15, -0.1) is 0 Å². The Labute approximate surface area is 91.5 Å². The fourth-order valence-corrected chi connectivity index (χ4v) is 2.13. The summed E-state index contributed by atoms with van der Waals surface area (Å²) in [7, 11) is 4.08. The Hall–Kier alpha value is -0.920. The van der Waals surface area contributed by atoms with Gasteiger partial charge >= 0.3 is 0 Å². The number of hydrogen-bond acceptors (Lipinski definition) is 4. The van der Waals surface area contributed by atoms with Crippen LogP contribution >= 0.6 is 0 Å². The summed E-state index contributed by atoms with van der Waals surface area (Å²) in [6, 6.07) is 1.89. The molecule has 1 aliphatic heterocycles. The Morgan fingerprint density at radius 3 is 2.93 bits per heavy atom. The highest BCUT2D eigenvalue weighted by molar-refractivity contribution is 5.82. The smallest absolute Gasteiger partial charge is 0.160 e. The van der Waals surface area contributed by atoms with Crippen LogP contribution in [0.5, 0.6) is 0 Å². The Bertz CT molecular complexity index is 259. The number of carbonyl (C=O) groups is 1. The van der Waals surface area contributed by atoms with Crippen LogP contribution in [0.3, 0.4) is 0 Å². The van der Waals surface area contributed by atoms with Crippen LogP contribution in [0, 0.1) is 17.2 Å². The van der Waals surface area contributed by atoms with Crippen LogP contribution in [0.1, 0.15) is 12.8 Å². The molecule has 1 heterocycles. The number of nitrogens with zero attached hydrogens (tertiary/aromatic N) is 3. The van der Waals surface area contributed by atoms with Gasteiger partial charge in [0.1, 0.15) is 0 Å². The Kier molecular flexibility index (Phi) is 4.73. The molecule has 0 aromatic rings. The highest BCUT2D eigenvalue weighted by Crippen LogP contribution is 2.14. The summed E-state index contributed by atoms with van der Waals surface area (Å²) in [4.78, 5) is 15.6. The van der Waals surface area contributed by atoms with Gasteiger partial charge in [0.15, 0.2) is 5.78 Å². The molecule has 0 bridgehead atoms. The van der Waals surface area contributed by atoms with Crippen molar-refractivity contribution in [2.24, 2.45) is 5.92 Å². The summed E-state index contributed by atoms with van der Waals surface area (Å²) in [5.41, 5.74) is 0. The average molecular weight is 209 g/mol. The fraction of sp³-hybridized carbons (Fsp3) is 0.818. The third-order valence-corrected chi connectivity index (χ3v) is 2.78. The molecule has 0 aromatic carbocycles. The normalized spacial score (nSPS) is 21.9. The number of ketones is 1. The number of carbonyl (C=O) groups excluding carboxylic acids is 1. The standard InChI is InChI=1S/C11H19N3O/c1-13-6-4-10(7-13)8-14(2)9-11(15)3-5-12/h10H,3-4,6-9H2,1-2H3. The third-order valence-electron chi connectivity index (χ3n) is 2.78. The van der Waals surface area contributed by atoms with E-state index in [4.69, 9.17) is 5.26 Å². The van der Waals surface area contributed by atoms with Crippen molar-refractivity contribution in [2.75, 3.05) is 40.3 Å². The third kappa shape index (κ3) is 4.41. The van der Waals surface area contributed by atoms with Crippen LogP contribution in [0.15, 0.2) is 0 Å². The summed E-state index contributed by atoms with van der Waals surface area (Å²) in [5.74, 6) is 0.696. The van der Waals surface area contributed by atoms with Gasteiger partial charge in [-0.2, -0.15) is 5.26 Å². The molecule has 15 heavy (non-hydrogen) atoms. The molecular formula is C11H19N3O. The molecule has 1 unspecified atom stereocenters. The first-order valence-corrected chi connectivity index (χ1v) is 5.37. The topological polar surface area (TPSA) is 47.3 Å². The lowest BCUT2D eigenvalue weighted by Crippen LogP contribution is -2.31. The van der Waals surface area contributed by atoms with Gasteiger partial charge in [0, 0.05) is 13.1 Å². The van der Waals surface area contributed by atoms with E-state index in [1.165, 1.54) is 6.42 Å². The Balaban J connectivity index is 2.21. The highest BCUT2D eigenvalue weighted by atomic mass is 16.1. The lowest BCUT2D eigenvalue weighted by atomic mass is 10.1. The predicted octanol–water partition coefficient (Wildman–Crippen LogP) is 0.353. The molecule has 0 aliphatic carbocycles. The van der Waals surface area contributed by atoms with Crippen molar-refractivity contribution >= 4 is 5.78 Å². The minimum atomic E-state index is 0.0198. The number of likely N-dealkylation sites (N-methyl/N-ethyl adjacent to an activating group) is 1. The van der Waals surface area contributed by atoms with E-state index in [0.717, 1.165) is 19.6 Å². The van der Waals surface area contributed by atoms with Gasteiger partial charge in [-0.3, -0.25) is 9.69 Å². The maximum atomic E-state index is 11.2. The molecule has 4 heteroatoms. The van der Waals surface area contributed by atoms with Crippen molar-refractivity contribution in [1.82, 2.24) is 9.80 Å². The van der Waals surface area contributed by atoms with Crippen molar-refractivity contribution in [3.05, 3.63) is 0 Å². The molecule has 1 atom stereocenters. The van der Waals surface area contributed by atoms with Crippen LogP contribution in [-0.4, -0.2) is 55.9 Å². The Morgan fingerprint density at radius 1 is 1.67 bits per heavy atom. The lowest BCUT2D eigenvalue weighted by Gasteiger charge is -2.19. The number of nitriles is 1. The van der Waals surface area contributed by atoms with Crippen LogP contribution < -0.4 is 0 Å². The van der Waals surface area contributed by atoms with E-state index in [1.54, 1.807) is 0 Å². The molecule has 4 nitrogen and oxygen atoms in total. The van der Waals surface area contributed by atoms with E-state index < -0.39 is 0 Å². The monoisotopic (exact) mass is 209 g/mol. The summed E-state index contributed by atoms with van der Waals surface area (Å²) in [6.07, 6.45) is 1.25. The summed E-state index contributed by atoms with van der Waals surface area (Å²) in [6.45, 7) is 3.65. The van der Waals surface area contributed by atoms with Crippen LogP contribution in [0.2, 0.25) is 0 Å². The largest absolute Gasteiger partial charge is 0.306 e. The molecular weight excluding hydrogens is 190 g/mol. The van der Waals surface area contributed by atoms with Crippen LogP contribution in [0.4, 0.5) is 0 Å². The van der Waals surface area contributed by atoms with E-state index in [1.807, 2.05) is 18.0 Å². The zero-order chi connectivity index (χ0) is 11.3. The van der Waals surface area contributed by atoms with Crippen molar-refractivity contribution < 1.29 is 4.79 Å². The molecule has 1 saturated heterocycles. The second-order valence-electron chi connectivity index (χ2n) is 4.49. The molecule has 0 saturated carbocycles. The molecule has 0 N–H and O–H groups in total. The van der Waals surface area contributed by atoms with Crippen molar-refractivity contribution in [1.29, 1.82) is 5.26 Å².